The third-order valence-corrected chi connectivity index (χ3v) is 5.12. The molecule has 1 aromatic carbocycles. The van der Waals surface area contributed by atoms with Gasteiger partial charge in [0.05, 0.1) is 4.90 Å². The van der Waals surface area contributed by atoms with Gasteiger partial charge in [-0.05, 0) is 40.8 Å². The topological polar surface area (TPSA) is 142 Å². The van der Waals surface area contributed by atoms with Crippen LogP contribution in [-0.2, 0) is 19.4 Å². The van der Waals surface area contributed by atoms with Crippen LogP contribution >= 0.6 is 12.6 Å². The van der Waals surface area contributed by atoms with Gasteiger partial charge >= 0.3 is 0 Å². The van der Waals surface area contributed by atoms with Crippen LogP contribution in [0.15, 0.2) is 39.2 Å². The molecule has 2 atom stereocenters. The van der Waals surface area contributed by atoms with E-state index in [1.165, 1.54) is 25.4 Å². The van der Waals surface area contributed by atoms with E-state index >= 15 is 0 Å². The minimum Gasteiger partial charge on any atom is -0.369 e. The van der Waals surface area contributed by atoms with Crippen molar-refractivity contribution in [2.24, 2.45) is 16.5 Å². The average Bonchev–Trinajstić information content (AvgIpc) is 2.68. The van der Waals surface area contributed by atoms with Gasteiger partial charge in [0.15, 0.2) is 16.1 Å². The van der Waals surface area contributed by atoms with Crippen LogP contribution in [0.3, 0.4) is 0 Å². The summed E-state index contributed by atoms with van der Waals surface area (Å²) in [5.74, 6) is 0.145. The molecule has 11 heteroatoms. The third-order valence-electron chi connectivity index (χ3n) is 3.70. The van der Waals surface area contributed by atoms with Gasteiger partial charge in [0, 0.05) is 31.0 Å². The van der Waals surface area contributed by atoms with Gasteiger partial charge < -0.3 is 15.7 Å². The number of carbonyl (C=O) groups is 2. The van der Waals surface area contributed by atoms with E-state index in [1.807, 2.05) is 20.8 Å². The molecule has 190 valence electrons. The molecule has 2 unspecified atom stereocenters. The normalized spacial score (nSPS) is 12.8. The van der Waals surface area contributed by atoms with Crippen molar-refractivity contribution in [1.82, 2.24) is 10.6 Å². The second-order valence-corrected chi connectivity index (χ2v) is 11.6. The van der Waals surface area contributed by atoms with E-state index in [0.29, 0.717) is 4.90 Å². The van der Waals surface area contributed by atoms with Crippen molar-refractivity contribution in [3.05, 3.63) is 29.2 Å². The number of carbonyl (C=O) groups excluding carboxylic acids is 2. The molecule has 9 nitrogen and oxygen atoms in total. The third kappa shape index (κ3) is 17.2. The molecule has 0 heterocycles. The Morgan fingerprint density at radius 2 is 1.58 bits per heavy atom. The first kappa shape index (κ1) is 33.2. The molecule has 0 aliphatic carbocycles. The van der Waals surface area contributed by atoms with Crippen LogP contribution in [0.1, 0.15) is 54.4 Å². The molecule has 2 amide bonds. The quantitative estimate of drug-likeness (QED) is 0.331. The second-order valence-electron chi connectivity index (χ2n) is 9.10. The first-order valence-corrected chi connectivity index (χ1v) is 12.8. The Kier molecular flexibility index (Phi) is 15.9. The van der Waals surface area contributed by atoms with Crippen molar-refractivity contribution in [3.63, 3.8) is 0 Å². The van der Waals surface area contributed by atoms with E-state index in [9.17, 15) is 22.9 Å². The number of hydrogen-bond acceptors (Lipinski definition) is 8. The molecule has 1 aromatic rings. The zero-order valence-corrected chi connectivity index (χ0v) is 22.5. The van der Waals surface area contributed by atoms with E-state index in [2.05, 4.69) is 49.2 Å². The molecule has 0 saturated heterocycles. The molecule has 33 heavy (non-hydrogen) atoms. The molecule has 3 N–H and O–H groups in total. The van der Waals surface area contributed by atoms with Crippen molar-refractivity contribution < 1.29 is 23.1 Å². The minimum absolute atomic E-state index is 0.0556. The number of aliphatic hydroxyl groups is 1. The second kappa shape index (κ2) is 15.8. The maximum Gasteiger partial charge on any atom is 0.242 e. The lowest BCUT2D eigenvalue weighted by atomic mass is 9.86. The van der Waals surface area contributed by atoms with Crippen LogP contribution in [0.5, 0.6) is 0 Å². The fourth-order valence-electron chi connectivity index (χ4n) is 2.06. The van der Waals surface area contributed by atoms with E-state index in [4.69, 9.17) is 5.11 Å². The number of rotatable bonds is 7. The van der Waals surface area contributed by atoms with Crippen LogP contribution in [0.4, 0.5) is 0 Å². The Bertz CT molecular complexity index is 832. The summed E-state index contributed by atoms with van der Waals surface area (Å²) in [6, 6.07) is 5.71. The number of benzene rings is 1. The standard InChI is InChI=1S/C11H21N3O4.C7H8O2S2.C4H10/c1-11(2,3)9(10(17)12-4)13-7(15)5-6-8(16)14-18;1-11(8,9)7-4-2-6(10)3-5-7;1-4(2)3/h8-9,16H,5-6H2,1-4H3,(H,12,17)(H,13,15);2-5,10H,1H3;4H,1-3H3. The molecule has 1 rings (SSSR count). The average molecular weight is 506 g/mol. The summed E-state index contributed by atoms with van der Waals surface area (Å²) in [6.07, 6.45) is -0.319. The number of thiol groups is 1. The molecule has 0 radical (unpaired) electrons. The fourth-order valence-corrected chi connectivity index (χ4v) is 2.84. The van der Waals surface area contributed by atoms with Gasteiger partial charge in [-0.15, -0.1) is 17.5 Å². The van der Waals surface area contributed by atoms with Gasteiger partial charge in [-0.3, -0.25) is 9.59 Å². The number of likely N-dealkylation sites (N-methyl/N-ethyl adjacent to an activating group) is 1. The number of sulfone groups is 1. The largest absolute Gasteiger partial charge is 0.369 e. The van der Waals surface area contributed by atoms with E-state index in [-0.39, 0.29) is 18.7 Å². The molecule has 0 saturated carbocycles. The minimum atomic E-state index is -3.05. The summed E-state index contributed by atoms with van der Waals surface area (Å²) in [5, 5.41) is 16.4. The van der Waals surface area contributed by atoms with E-state index in [1.54, 1.807) is 12.1 Å². The van der Waals surface area contributed by atoms with Crippen LogP contribution < -0.4 is 10.6 Å². The summed E-state index contributed by atoms with van der Waals surface area (Å²) >= 11 is 4.03. The smallest absolute Gasteiger partial charge is 0.242 e. The predicted octanol–water partition coefficient (Wildman–Crippen LogP) is 3.17. The van der Waals surface area contributed by atoms with E-state index in [0.717, 1.165) is 10.8 Å². The van der Waals surface area contributed by atoms with Crippen LogP contribution in [0, 0.1) is 16.2 Å². The van der Waals surface area contributed by atoms with Crippen molar-refractivity contribution >= 4 is 34.3 Å². The van der Waals surface area contributed by atoms with Gasteiger partial charge in [0.2, 0.25) is 11.8 Å². The Hall–Kier alpha value is -1.98. The lowest BCUT2D eigenvalue weighted by Crippen LogP contribution is -2.52. The maximum atomic E-state index is 11.6. The molecular weight excluding hydrogens is 466 g/mol. The Morgan fingerprint density at radius 3 is 1.91 bits per heavy atom. The maximum absolute atomic E-state index is 11.6. The highest BCUT2D eigenvalue weighted by molar-refractivity contribution is 7.90. The first-order valence-electron chi connectivity index (χ1n) is 10.5. The SMILES string of the molecule is CC(C)C.CNC(=O)C(NC(=O)CCC(O)N=O)C(C)(C)C.CS(=O)(=O)c1ccc(S)cc1. The molecule has 0 aliphatic rings. The predicted molar refractivity (Wildman–Crippen MR) is 134 cm³/mol. The highest BCUT2D eigenvalue weighted by Gasteiger charge is 2.31. The molecule has 0 aromatic heterocycles. The summed E-state index contributed by atoms with van der Waals surface area (Å²) in [5.41, 5.74) is -0.433. The lowest BCUT2D eigenvalue weighted by molar-refractivity contribution is -0.131. The summed E-state index contributed by atoms with van der Waals surface area (Å²) in [4.78, 5) is 34.3. The van der Waals surface area contributed by atoms with Gasteiger partial charge in [0.25, 0.3) is 0 Å². The Balaban J connectivity index is 0. The van der Waals surface area contributed by atoms with Crippen LogP contribution in [0.2, 0.25) is 0 Å². The number of amides is 2. The van der Waals surface area contributed by atoms with E-state index < -0.39 is 33.4 Å². The molecular formula is C22H39N3O6S2. The highest BCUT2D eigenvalue weighted by atomic mass is 32.2. The van der Waals surface area contributed by atoms with Crippen molar-refractivity contribution in [3.8, 4) is 0 Å². The lowest BCUT2D eigenvalue weighted by Gasteiger charge is -2.29. The molecule has 0 bridgehead atoms. The number of nitrogens with zero attached hydrogens (tertiary/aromatic N) is 1. The first-order chi connectivity index (χ1) is 14.9. The Morgan fingerprint density at radius 1 is 1.12 bits per heavy atom. The van der Waals surface area contributed by atoms with Crippen molar-refractivity contribution in [2.75, 3.05) is 13.3 Å². The highest BCUT2D eigenvalue weighted by Crippen LogP contribution is 2.19. The van der Waals surface area contributed by atoms with Crippen LogP contribution in [0.25, 0.3) is 0 Å². The van der Waals surface area contributed by atoms with Gasteiger partial charge in [-0.25, -0.2) is 8.42 Å². The zero-order valence-electron chi connectivity index (χ0n) is 20.7. The van der Waals surface area contributed by atoms with Crippen molar-refractivity contribution in [2.45, 2.75) is 76.4 Å². The fraction of sp³-hybridized carbons (Fsp3) is 0.636. The van der Waals surface area contributed by atoms with Crippen molar-refractivity contribution in [1.29, 1.82) is 0 Å². The summed E-state index contributed by atoms with van der Waals surface area (Å²) < 4.78 is 21.8. The number of aliphatic hydroxyl groups excluding tert-OH is 1. The zero-order chi connectivity index (χ0) is 26.4. The summed E-state index contributed by atoms with van der Waals surface area (Å²) in [7, 11) is -1.56. The molecule has 0 spiro atoms. The molecule has 0 aliphatic heterocycles. The van der Waals surface area contributed by atoms with Crippen LogP contribution in [-0.4, -0.2) is 50.9 Å². The number of nitrogens with one attached hydrogen (secondary N) is 2. The number of hydrogen-bond donors (Lipinski definition) is 4. The van der Waals surface area contributed by atoms with Gasteiger partial charge in [-0.1, -0.05) is 41.5 Å². The monoisotopic (exact) mass is 505 g/mol. The number of nitroso groups, excluding NO2 is 1. The Labute approximate surface area is 203 Å². The van der Waals surface area contributed by atoms with Gasteiger partial charge in [-0.2, -0.15) is 0 Å². The molecule has 0 fully saturated rings. The van der Waals surface area contributed by atoms with Gasteiger partial charge in [0.1, 0.15) is 6.04 Å². The summed E-state index contributed by atoms with van der Waals surface area (Å²) in [6.45, 7) is 12.0.